The van der Waals surface area contributed by atoms with Crippen molar-refractivity contribution in [2.24, 2.45) is 5.73 Å². The van der Waals surface area contributed by atoms with Crippen molar-refractivity contribution < 1.29 is 13.2 Å². The molecule has 0 spiro atoms. The molecule has 0 aromatic rings. The SMILES string of the molecule is NCCC([18F])([18F])[18F]. The van der Waals surface area contributed by atoms with Crippen molar-refractivity contribution in [2.45, 2.75) is 12.6 Å². The van der Waals surface area contributed by atoms with Crippen LogP contribution in [0, 0.1) is 0 Å². The second-order valence-electron chi connectivity index (χ2n) is 1.15. The molecule has 4 heteroatoms. The summed E-state index contributed by atoms with van der Waals surface area (Å²) >= 11 is 0. The topological polar surface area (TPSA) is 26.0 Å². The van der Waals surface area contributed by atoms with E-state index < -0.39 is 12.6 Å². The van der Waals surface area contributed by atoms with E-state index in [9.17, 15) is 13.2 Å². The van der Waals surface area contributed by atoms with Gasteiger partial charge >= 0.3 is 6.18 Å². The predicted octanol–water partition coefficient (Wildman–Crippen LogP) is 0.898. The van der Waals surface area contributed by atoms with Crippen molar-refractivity contribution in [3.63, 3.8) is 0 Å². The number of rotatable bonds is 1. The van der Waals surface area contributed by atoms with Gasteiger partial charge in [-0.2, -0.15) is 13.2 Å². The smallest absolute Gasteiger partial charge is 0.330 e. The Morgan fingerprint density at radius 2 is 1.71 bits per heavy atom. The van der Waals surface area contributed by atoms with E-state index in [4.69, 9.17) is 0 Å². The molecule has 0 amide bonds. The molecular weight excluding hydrogens is 104 g/mol. The van der Waals surface area contributed by atoms with Gasteiger partial charge in [0.25, 0.3) is 0 Å². The van der Waals surface area contributed by atoms with Crippen LogP contribution in [0.25, 0.3) is 0 Å². The first kappa shape index (κ1) is 6.75. The number of hydrogen-bond acceptors (Lipinski definition) is 1. The Hall–Kier alpha value is -0.250. The average Bonchev–Trinajstić information content (AvgIpc) is 1.30. The fraction of sp³-hybridized carbons (Fsp3) is 1.00. The van der Waals surface area contributed by atoms with E-state index in [1.54, 1.807) is 0 Å². The van der Waals surface area contributed by atoms with Gasteiger partial charge in [-0.1, -0.05) is 0 Å². The molecule has 0 saturated carbocycles. The van der Waals surface area contributed by atoms with Crippen LogP contribution in [-0.4, -0.2) is 12.7 Å². The summed E-state index contributed by atoms with van der Waals surface area (Å²) in [4.78, 5) is 0. The van der Waals surface area contributed by atoms with E-state index in [0.717, 1.165) is 0 Å². The molecule has 0 fully saturated rings. The average molecular weight is 110 g/mol. The van der Waals surface area contributed by atoms with E-state index >= 15 is 0 Å². The number of halogens is 3. The number of nitrogens with two attached hydrogens (primary N) is 1. The molecule has 2 N–H and O–H groups in total. The summed E-state index contributed by atoms with van der Waals surface area (Å²) in [6, 6.07) is 0. The molecule has 0 heterocycles. The first-order valence-electron chi connectivity index (χ1n) is 1.83. The van der Waals surface area contributed by atoms with E-state index in [1.165, 1.54) is 0 Å². The normalized spacial score (nSPS) is 12.0. The molecule has 0 rings (SSSR count). The van der Waals surface area contributed by atoms with Crippen LogP contribution in [0.5, 0.6) is 0 Å². The maximum absolute atomic E-state index is 11.0. The third kappa shape index (κ3) is 5.75. The van der Waals surface area contributed by atoms with Crippen molar-refractivity contribution in [2.75, 3.05) is 6.54 Å². The van der Waals surface area contributed by atoms with Crippen LogP contribution >= 0.6 is 0 Å². The molecule has 0 aliphatic carbocycles. The van der Waals surface area contributed by atoms with Crippen molar-refractivity contribution in [1.29, 1.82) is 0 Å². The lowest BCUT2D eigenvalue weighted by Gasteiger charge is -2.00. The van der Waals surface area contributed by atoms with Gasteiger partial charge in [-0.15, -0.1) is 0 Å². The van der Waals surface area contributed by atoms with E-state index in [-0.39, 0.29) is 6.54 Å². The third-order valence-electron chi connectivity index (χ3n) is 0.428. The standard InChI is InChI=1S/C3H6F3N/c4-3(5,6)1-2-7/h1-2,7H2/i4-1,5-1,6-1. The van der Waals surface area contributed by atoms with Crippen LogP contribution in [-0.2, 0) is 0 Å². The summed E-state index contributed by atoms with van der Waals surface area (Å²) in [6.07, 6.45) is -4.96. The molecule has 1 nitrogen and oxygen atoms in total. The first-order chi connectivity index (χ1) is 3.06. The Bertz CT molecular complexity index is 48.6. The molecule has 0 aromatic carbocycles. The van der Waals surface area contributed by atoms with Gasteiger partial charge in [-0.3, -0.25) is 0 Å². The van der Waals surface area contributed by atoms with Gasteiger partial charge in [0.15, 0.2) is 0 Å². The zero-order chi connectivity index (χ0) is 5.91. The molecular formula is C3H6F3N. The summed E-state index contributed by atoms with van der Waals surface area (Å²) in [5.74, 6) is 0. The van der Waals surface area contributed by atoms with Gasteiger partial charge in [0.05, 0.1) is 6.42 Å². The predicted molar refractivity (Wildman–Crippen MR) is 19.7 cm³/mol. The molecule has 0 atom stereocenters. The second-order valence-corrected chi connectivity index (χ2v) is 1.15. The maximum Gasteiger partial charge on any atom is 0.390 e. The minimum atomic E-state index is -4.07. The van der Waals surface area contributed by atoms with Gasteiger partial charge in [-0.05, 0) is 0 Å². The molecule has 0 bridgehead atoms. The summed E-state index contributed by atoms with van der Waals surface area (Å²) in [6.45, 7) is -0.316. The number of alkyl halides is 3. The quantitative estimate of drug-likeness (QED) is 0.533. The first-order valence-corrected chi connectivity index (χ1v) is 1.83. The van der Waals surface area contributed by atoms with Crippen LogP contribution in [0.15, 0.2) is 0 Å². The molecule has 0 radical (unpaired) electrons. The molecule has 0 unspecified atom stereocenters. The lowest BCUT2D eigenvalue weighted by Crippen LogP contribution is -2.14. The Morgan fingerprint density at radius 3 is 1.71 bits per heavy atom. The summed E-state index contributed by atoms with van der Waals surface area (Å²) in [7, 11) is 0. The second kappa shape index (κ2) is 2.16. The van der Waals surface area contributed by atoms with Crippen LogP contribution in [0.2, 0.25) is 0 Å². The monoisotopic (exact) mass is 110 g/mol. The molecule has 44 valence electrons. The highest BCUT2D eigenvalue weighted by Gasteiger charge is 2.24. The molecule has 0 aromatic heterocycles. The summed E-state index contributed by atoms with van der Waals surface area (Å²) in [5.41, 5.74) is 4.59. The van der Waals surface area contributed by atoms with Gasteiger partial charge in [0.2, 0.25) is 0 Å². The van der Waals surface area contributed by atoms with Crippen LogP contribution < -0.4 is 5.73 Å². The summed E-state index contributed by atoms with van der Waals surface area (Å²) in [5, 5.41) is 0. The molecule has 0 saturated heterocycles. The Balaban J connectivity index is 3.15. The van der Waals surface area contributed by atoms with Gasteiger partial charge in [0, 0.05) is 6.54 Å². The fourth-order valence-electron chi connectivity index (χ4n) is 0.164. The lowest BCUT2D eigenvalue weighted by atomic mass is 10.4. The molecule has 0 aliphatic heterocycles. The van der Waals surface area contributed by atoms with E-state index in [0.29, 0.717) is 0 Å². The molecule has 0 aliphatic rings. The highest BCUT2D eigenvalue weighted by molar-refractivity contribution is 4.47. The zero-order valence-electron chi connectivity index (χ0n) is 3.63. The van der Waals surface area contributed by atoms with E-state index in [2.05, 4.69) is 5.73 Å². The molecule has 7 heavy (non-hydrogen) atoms. The Morgan fingerprint density at radius 1 is 1.29 bits per heavy atom. The number of hydrogen-bond donors (Lipinski definition) is 1. The van der Waals surface area contributed by atoms with E-state index in [1.807, 2.05) is 0 Å². The largest absolute Gasteiger partial charge is 0.390 e. The lowest BCUT2D eigenvalue weighted by molar-refractivity contribution is -0.132. The minimum absolute atomic E-state index is 0.316. The van der Waals surface area contributed by atoms with Crippen molar-refractivity contribution in [1.82, 2.24) is 0 Å². The minimum Gasteiger partial charge on any atom is -0.330 e. The highest BCUT2D eigenvalue weighted by Crippen LogP contribution is 2.17. The Kier molecular flexibility index (Phi) is 2.08. The summed E-state index contributed by atoms with van der Waals surface area (Å²) < 4.78 is 32.9. The highest BCUT2D eigenvalue weighted by atomic mass is 18.5. The Labute approximate surface area is 39.3 Å². The van der Waals surface area contributed by atoms with Crippen molar-refractivity contribution in [3.8, 4) is 0 Å². The van der Waals surface area contributed by atoms with Crippen LogP contribution in [0.1, 0.15) is 6.42 Å². The fourth-order valence-corrected chi connectivity index (χ4v) is 0.164. The van der Waals surface area contributed by atoms with Gasteiger partial charge in [0.1, 0.15) is 0 Å². The van der Waals surface area contributed by atoms with Gasteiger partial charge in [-0.25, -0.2) is 0 Å². The van der Waals surface area contributed by atoms with Crippen molar-refractivity contribution in [3.05, 3.63) is 0 Å². The third-order valence-corrected chi connectivity index (χ3v) is 0.428. The van der Waals surface area contributed by atoms with Crippen LogP contribution in [0.4, 0.5) is 13.2 Å². The van der Waals surface area contributed by atoms with Gasteiger partial charge < -0.3 is 5.73 Å². The van der Waals surface area contributed by atoms with Crippen molar-refractivity contribution >= 4 is 0 Å². The van der Waals surface area contributed by atoms with Crippen LogP contribution in [0.3, 0.4) is 0 Å². The maximum atomic E-state index is 11.0. The zero-order valence-corrected chi connectivity index (χ0v) is 3.63.